The molecule has 2 aromatic rings. The minimum absolute atomic E-state index is 0.0653. The highest BCUT2D eigenvalue weighted by atomic mass is 32.2. The van der Waals surface area contributed by atoms with Gasteiger partial charge in [0.2, 0.25) is 15.9 Å². The van der Waals surface area contributed by atoms with Gasteiger partial charge >= 0.3 is 0 Å². The fraction of sp³-hybridized carbons (Fsp3) is 0.409. The Labute approximate surface area is 177 Å². The zero-order valence-electron chi connectivity index (χ0n) is 17.2. The maximum atomic E-state index is 13.1. The third kappa shape index (κ3) is 6.03. The molecule has 0 aliphatic carbocycles. The van der Waals surface area contributed by atoms with Gasteiger partial charge in [-0.2, -0.15) is 0 Å². The van der Waals surface area contributed by atoms with Crippen molar-refractivity contribution in [2.75, 3.05) is 18.4 Å². The van der Waals surface area contributed by atoms with Crippen molar-refractivity contribution in [3.8, 4) is 5.75 Å². The van der Waals surface area contributed by atoms with Crippen LogP contribution in [0, 0.1) is 11.7 Å². The third-order valence-electron chi connectivity index (χ3n) is 4.90. The summed E-state index contributed by atoms with van der Waals surface area (Å²) in [6.07, 6.45) is 1.31. The molecule has 30 heavy (non-hydrogen) atoms. The van der Waals surface area contributed by atoms with Crippen LogP contribution in [0.4, 0.5) is 10.1 Å². The lowest BCUT2D eigenvalue weighted by molar-refractivity contribution is -0.120. The van der Waals surface area contributed by atoms with Gasteiger partial charge in [-0.25, -0.2) is 17.1 Å². The number of anilines is 1. The molecular formula is C22H27FN2O4S. The van der Waals surface area contributed by atoms with E-state index in [0.717, 1.165) is 5.75 Å². The van der Waals surface area contributed by atoms with E-state index in [9.17, 15) is 17.6 Å². The normalized spacial score (nSPS) is 17.7. The second-order valence-corrected chi connectivity index (χ2v) is 9.73. The quantitative estimate of drug-likeness (QED) is 0.719. The molecule has 0 spiro atoms. The van der Waals surface area contributed by atoms with E-state index in [0.29, 0.717) is 30.6 Å². The van der Waals surface area contributed by atoms with Crippen molar-refractivity contribution < 1.29 is 22.3 Å². The fourth-order valence-corrected chi connectivity index (χ4v) is 5.04. The molecule has 1 fully saturated rings. The van der Waals surface area contributed by atoms with Crippen LogP contribution in [0.25, 0.3) is 0 Å². The lowest BCUT2D eigenvalue weighted by Gasteiger charge is -2.31. The van der Waals surface area contributed by atoms with Gasteiger partial charge in [-0.15, -0.1) is 0 Å². The van der Waals surface area contributed by atoms with E-state index in [2.05, 4.69) is 5.32 Å². The smallest absolute Gasteiger partial charge is 0.228 e. The van der Waals surface area contributed by atoms with Crippen LogP contribution in [0.15, 0.2) is 48.5 Å². The number of nitrogens with one attached hydrogen (secondary N) is 1. The molecule has 1 heterocycles. The Balaban J connectivity index is 1.60. The van der Waals surface area contributed by atoms with Crippen LogP contribution in [0.5, 0.6) is 5.75 Å². The van der Waals surface area contributed by atoms with Crippen LogP contribution in [-0.4, -0.2) is 37.8 Å². The number of amides is 1. The summed E-state index contributed by atoms with van der Waals surface area (Å²) in [6.45, 7) is 4.40. The van der Waals surface area contributed by atoms with E-state index in [-0.39, 0.29) is 24.3 Å². The Morgan fingerprint density at radius 3 is 2.47 bits per heavy atom. The highest BCUT2D eigenvalue weighted by Gasteiger charge is 2.32. The van der Waals surface area contributed by atoms with E-state index in [1.165, 1.54) is 28.6 Å². The Hall–Kier alpha value is -2.45. The number of carbonyl (C=O) groups is 1. The molecule has 162 valence electrons. The minimum atomic E-state index is -3.59. The summed E-state index contributed by atoms with van der Waals surface area (Å²) in [4.78, 5) is 12.7. The molecule has 1 N–H and O–H groups in total. The number of carbonyl (C=O) groups excluding carboxylic acids is 1. The first-order valence-electron chi connectivity index (χ1n) is 10.0. The van der Waals surface area contributed by atoms with E-state index in [4.69, 9.17) is 4.74 Å². The molecule has 8 heteroatoms. The first-order valence-corrected chi connectivity index (χ1v) is 11.6. The molecule has 6 nitrogen and oxygen atoms in total. The van der Waals surface area contributed by atoms with E-state index in [1.54, 1.807) is 24.3 Å². The van der Waals surface area contributed by atoms with Gasteiger partial charge in [0, 0.05) is 18.8 Å². The highest BCUT2D eigenvalue weighted by Crippen LogP contribution is 2.24. The topological polar surface area (TPSA) is 75.7 Å². The van der Waals surface area contributed by atoms with Gasteiger partial charge in [0.15, 0.2) is 0 Å². The van der Waals surface area contributed by atoms with Gasteiger partial charge in [0.05, 0.1) is 17.8 Å². The number of rotatable bonds is 7. The second kappa shape index (κ2) is 9.57. The number of hydrogen-bond donors (Lipinski definition) is 1. The summed E-state index contributed by atoms with van der Waals surface area (Å²) >= 11 is 0. The van der Waals surface area contributed by atoms with E-state index in [1.807, 2.05) is 13.8 Å². The summed E-state index contributed by atoms with van der Waals surface area (Å²) in [6, 6.07) is 12.5. The predicted octanol–water partition coefficient (Wildman–Crippen LogP) is 3.79. The van der Waals surface area contributed by atoms with E-state index >= 15 is 0 Å². The first-order chi connectivity index (χ1) is 14.2. The molecule has 2 aromatic carbocycles. The molecular weight excluding hydrogens is 407 g/mol. The zero-order chi connectivity index (χ0) is 21.7. The van der Waals surface area contributed by atoms with Crippen molar-refractivity contribution in [1.82, 2.24) is 4.31 Å². The fourth-order valence-electron chi connectivity index (χ4n) is 3.42. The van der Waals surface area contributed by atoms with Gasteiger partial charge in [0.1, 0.15) is 11.6 Å². The van der Waals surface area contributed by atoms with Crippen molar-refractivity contribution in [1.29, 1.82) is 0 Å². The molecule has 3 rings (SSSR count). The lowest BCUT2D eigenvalue weighted by atomic mass is 9.99. The zero-order valence-corrected chi connectivity index (χ0v) is 18.0. The minimum Gasteiger partial charge on any atom is -0.491 e. The maximum absolute atomic E-state index is 13.1. The third-order valence-corrected chi connectivity index (χ3v) is 6.72. The van der Waals surface area contributed by atoms with E-state index < -0.39 is 21.8 Å². The van der Waals surface area contributed by atoms with Crippen LogP contribution in [0.3, 0.4) is 0 Å². The molecule has 1 saturated heterocycles. The summed E-state index contributed by atoms with van der Waals surface area (Å²) in [5.74, 6) is -0.519. The average Bonchev–Trinajstić information content (AvgIpc) is 2.71. The summed E-state index contributed by atoms with van der Waals surface area (Å²) in [5.41, 5.74) is 1.16. The first kappa shape index (κ1) is 22.2. The molecule has 1 amide bonds. The van der Waals surface area contributed by atoms with Gasteiger partial charge in [-0.3, -0.25) is 4.79 Å². The van der Waals surface area contributed by atoms with Gasteiger partial charge in [0.25, 0.3) is 0 Å². The summed E-state index contributed by atoms with van der Waals surface area (Å²) in [7, 11) is -3.59. The van der Waals surface area contributed by atoms with Crippen molar-refractivity contribution in [2.24, 2.45) is 5.92 Å². The number of hydrogen-bond acceptors (Lipinski definition) is 4. The predicted molar refractivity (Wildman–Crippen MR) is 114 cm³/mol. The Bertz CT molecular complexity index is 960. The maximum Gasteiger partial charge on any atom is 0.228 e. The van der Waals surface area contributed by atoms with Crippen molar-refractivity contribution in [3.05, 3.63) is 59.9 Å². The monoisotopic (exact) mass is 434 g/mol. The number of benzene rings is 2. The molecule has 1 aliphatic heterocycles. The number of sulfonamides is 1. The Morgan fingerprint density at radius 2 is 1.83 bits per heavy atom. The number of ether oxygens (including phenoxy) is 1. The standard InChI is InChI=1S/C22H27FN2O4S/c1-16(2)29-21-11-9-20(10-12-21)24-22(26)18-4-3-13-25(14-18)30(27,28)15-17-5-7-19(23)8-6-17/h5-12,16,18H,3-4,13-15H2,1-2H3,(H,24,26)/t18-/m0/s1. The van der Waals surface area contributed by atoms with Crippen LogP contribution in [0.2, 0.25) is 0 Å². The van der Waals surface area contributed by atoms with Crippen LogP contribution in [-0.2, 0) is 20.6 Å². The molecule has 0 saturated carbocycles. The van der Waals surface area contributed by atoms with Gasteiger partial charge in [-0.1, -0.05) is 12.1 Å². The molecule has 1 atom stereocenters. The molecule has 0 radical (unpaired) electrons. The lowest BCUT2D eigenvalue weighted by Crippen LogP contribution is -2.44. The number of halogens is 1. The second-order valence-electron chi connectivity index (χ2n) is 7.76. The molecule has 0 aromatic heterocycles. The number of piperidine rings is 1. The molecule has 0 bridgehead atoms. The van der Waals surface area contributed by atoms with Crippen molar-refractivity contribution >= 4 is 21.6 Å². The van der Waals surface area contributed by atoms with Crippen LogP contribution in [0.1, 0.15) is 32.3 Å². The summed E-state index contributed by atoms with van der Waals surface area (Å²) < 4.78 is 45.6. The molecule has 1 aliphatic rings. The largest absolute Gasteiger partial charge is 0.491 e. The Morgan fingerprint density at radius 1 is 1.17 bits per heavy atom. The Kier molecular flexibility index (Phi) is 7.10. The van der Waals surface area contributed by atoms with Crippen LogP contribution >= 0.6 is 0 Å². The SMILES string of the molecule is CC(C)Oc1ccc(NC(=O)[C@H]2CCCN(S(=O)(=O)Cc3ccc(F)cc3)C2)cc1. The molecule has 0 unspecified atom stereocenters. The van der Waals surface area contributed by atoms with Gasteiger partial charge < -0.3 is 10.1 Å². The number of nitrogens with zero attached hydrogens (tertiary/aromatic N) is 1. The van der Waals surface area contributed by atoms with Crippen LogP contribution < -0.4 is 10.1 Å². The van der Waals surface area contributed by atoms with Gasteiger partial charge in [-0.05, 0) is 68.7 Å². The average molecular weight is 435 g/mol. The highest BCUT2D eigenvalue weighted by molar-refractivity contribution is 7.88. The summed E-state index contributed by atoms with van der Waals surface area (Å²) in [5, 5.41) is 2.86. The van der Waals surface area contributed by atoms with Crippen molar-refractivity contribution in [2.45, 2.75) is 38.5 Å². The van der Waals surface area contributed by atoms with Crippen molar-refractivity contribution in [3.63, 3.8) is 0 Å².